The zero-order chi connectivity index (χ0) is 9.97. The third kappa shape index (κ3) is 1.47. The molecule has 0 spiro atoms. The number of benzene rings is 2. The lowest BCUT2D eigenvalue weighted by atomic mass is 10.0. The standard InChI is InChI=1S/C13H11N/c1-10-8-11(6-7-14)9-12-4-2-3-5-13(10)12/h2-5,8-9H,6H2,1H3. The van der Waals surface area contributed by atoms with Crippen molar-refractivity contribution in [3.05, 3.63) is 47.5 Å². The van der Waals surface area contributed by atoms with Crippen LogP contribution in [-0.4, -0.2) is 0 Å². The van der Waals surface area contributed by atoms with Crippen LogP contribution in [0.1, 0.15) is 11.1 Å². The second-order valence-electron chi connectivity index (χ2n) is 3.47. The van der Waals surface area contributed by atoms with E-state index in [0.29, 0.717) is 6.42 Å². The van der Waals surface area contributed by atoms with Crippen molar-refractivity contribution in [3.8, 4) is 6.07 Å². The van der Waals surface area contributed by atoms with Crippen molar-refractivity contribution >= 4 is 10.8 Å². The monoisotopic (exact) mass is 181 g/mol. The van der Waals surface area contributed by atoms with Gasteiger partial charge in [0.1, 0.15) is 0 Å². The van der Waals surface area contributed by atoms with Crippen LogP contribution in [0.3, 0.4) is 0 Å². The summed E-state index contributed by atoms with van der Waals surface area (Å²) in [4.78, 5) is 0. The quantitative estimate of drug-likeness (QED) is 0.662. The van der Waals surface area contributed by atoms with Gasteiger partial charge >= 0.3 is 0 Å². The molecule has 14 heavy (non-hydrogen) atoms. The van der Waals surface area contributed by atoms with Crippen molar-refractivity contribution in [2.24, 2.45) is 0 Å². The number of nitriles is 1. The van der Waals surface area contributed by atoms with E-state index >= 15 is 0 Å². The van der Waals surface area contributed by atoms with Gasteiger partial charge in [0.15, 0.2) is 0 Å². The molecular formula is C13H11N. The Morgan fingerprint density at radius 2 is 2.00 bits per heavy atom. The van der Waals surface area contributed by atoms with Gasteiger partial charge in [-0.2, -0.15) is 5.26 Å². The Morgan fingerprint density at radius 1 is 1.21 bits per heavy atom. The van der Waals surface area contributed by atoms with Gasteiger partial charge in [-0.3, -0.25) is 0 Å². The van der Waals surface area contributed by atoms with Gasteiger partial charge in [-0.1, -0.05) is 36.4 Å². The van der Waals surface area contributed by atoms with Crippen LogP contribution in [-0.2, 0) is 6.42 Å². The normalized spacial score (nSPS) is 10.0. The minimum absolute atomic E-state index is 0.492. The summed E-state index contributed by atoms with van der Waals surface area (Å²) in [6.07, 6.45) is 0.492. The largest absolute Gasteiger partial charge is 0.198 e. The number of hydrogen-bond donors (Lipinski definition) is 0. The molecule has 0 heterocycles. The molecule has 0 aliphatic carbocycles. The lowest BCUT2D eigenvalue weighted by Crippen LogP contribution is -1.85. The van der Waals surface area contributed by atoms with Crippen LogP contribution in [0.5, 0.6) is 0 Å². The molecule has 68 valence electrons. The molecule has 0 aromatic heterocycles. The first-order chi connectivity index (χ1) is 6.81. The highest BCUT2D eigenvalue weighted by atomic mass is 14.2. The van der Waals surface area contributed by atoms with Crippen LogP contribution in [0.15, 0.2) is 36.4 Å². The highest BCUT2D eigenvalue weighted by Crippen LogP contribution is 2.20. The Hall–Kier alpha value is -1.81. The van der Waals surface area contributed by atoms with E-state index in [-0.39, 0.29) is 0 Å². The summed E-state index contributed by atoms with van der Waals surface area (Å²) in [5.41, 5.74) is 2.34. The first kappa shape index (κ1) is 8.77. The Bertz CT molecular complexity index is 506. The second kappa shape index (κ2) is 3.51. The Morgan fingerprint density at radius 3 is 2.79 bits per heavy atom. The predicted octanol–water partition coefficient (Wildman–Crippen LogP) is 3.21. The maximum atomic E-state index is 8.63. The van der Waals surface area contributed by atoms with Gasteiger partial charge in [-0.25, -0.2) is 0 Å². The molecule has 2 aromatic carbocycles. The van der Waals surface area contributed by atoms with E-state index in [1.54, 1.807) is 0 Å². The van der Waals surface area contributed by atoms with E-state index in [9.17, 15) is 0 Å². The molecule has 0 saturated heterocycles. The Kier molecular flexibility index (Phi) is 2.20. The zero-order valence-electron chi connectivity index (χ0n) is 8.12. The summed E-state index contributed by atoms with van der Waals surface area (Å²) in [6.45, 7) is 2.09. The Labute approximate surface area is 83.6 Å². The summed E-state index contributed by atoms with van der Waals surface area (Å²) in [5.74, 6) is 0. The molecule has 2 aromatic rings. The molecule has 0 radical (unpaired) electrons. The van der Waals surface area contributed by atoms with Gasteiger partial charge in [-0.15, -0.1) is 0 Å². The fourth-order valence-corrected chi connectivity index (χ4v) is 1.77. The van der Waals surface area contributed by atoms with E-state index in [0.717, 1.165) is 5.56 Å². The second-order valence-corrected chi connectivity index (χ2v) is 3.47. The molecular weight excluding hydrogens is 170 g/mol. The summed E-state index contributed by atoms with van der Waals surface area (Å²) in [5, 5.41) is 11.1. The van der Waals surface area contributed by atoms with E-state index in [1.807, 2.05) is 12.1 Å². The first-order valence-electron chi connectivity index (χ1n) is 4.66. The minimum atomic E-state index is 0.492. The highest BCUT2D eigenvalue weighted by molar-refractivity contribution is 5.86. The smallest absolute Gasteiger partial charge is 0.0669 e. The molecule has 0 unspecified atom stereocenters. The molecule has 0 aliphatic heterocycles. The zero-order valence-corrected chi connectivity index (χ0v) is 8.12. The number of rotatable bonds is 1. The van der Waals surface area contributed by atoms with Crippen molar-refractivity contribution < 1.29 is 0 Å². The number of nitrogens with zero attached hydrogens (tertiary/aromatic N) is 1. The van der Waals surface area contributed by atoms with Gasteiger partial charge in [0.25, 0.3) is 0 Å². The fraction of sp³-hybridized carbons (Fsp3) is 0.154. The van der Waals surface area contributed by atoms with Crippen LogP contribution in [0.25, 0.3) is 10.8 Å². The van der Waals surface area contributed by atoms with E-state index in [4.69, 9.17) is 5.26 Å². The average molecular weight is 181 g/mol. The molecule has 0 amide bonds. The molecule has 1 nitrogen and oxygen atoms in total. The summed E-state index contributed by atoms with van der Waals surface area (Å²) < 4.78 is 0. The SMILES string of the molecule is Cc1cc(CC#N)cc2ccccc12. The van der Waals surface area contributed by atoms with Crippen molar-refractivity contribution in [1.82, 2.24) is 0 Å². The van der Waals surface area contributed by atoms with Crippen LogP contribution in [0, 0.1) is 18.3 Å². The van der Waals surface area contributed by atoms with Gasteiger partial charge in [0.2, 0.25) is 0 Å². The van der Waals surface area contributed by atoms with Gasteiger partial charge in [-0.05, 0) is 28.8 Å². The molecule has 2 rings (SSSR count). The van der Waals surface area contributed by atoms with Crippen LogP contribution in [0.2, 0.25) is 0 Å². The fourth-order valence-electron chi connectivity index (χ4n) is 1.77. The van der Waals surface area contributed by atoms with Gasteiger partial charge in [0, 0.05) is 0 Å². The number of aryl methyl sites for hydroxylation is 1. The molecule has 0 aliphatic rings. The van der Waals surface area contributed by atoms with Gasteiger partial charge in [0.05, 0.1) is 12.5 Å². The van der Waals surface area contributed by atoms with Crippen molar-refractivity contribution in [3.63, 3.8) is 0 Å². The Balaban J connectivity index is 2.67. The summed E-state index contributed by atoms with van der Waals surface area (Å²) in [7, 11) is 0. The third-order valence-corrected chi connectivity index (χ3v) is 2.41. The van der Waals surface area contributed by atoms with Crippen LogP contribution in [0.4, 0.5) is 0 Å². The lowest BCUT2D eigenvalue weighted by Gasteiger charge is -2.04. The summed E-state index contributed by atoms with van der Waals surface area (Å²) >= 11 is 0. The van der Waals surface area contributed by atoms with Crippen molar-refractivity contribution in [1.29, 1.82) is 5.26 Å². The highest BCUT2D eigenvalue weighted by Gasteiger charge is 1.99. The molecule has 0 bridgehead atoms. The topological polar surface area (TPSA) is 23.8 Å². The molecule has 0 fully saturated rings. The van der Waals surface area contributed by atoms with Crippen molar-refractivity contribution in [2.75, 3.05) is 0 Å². The van der Waals surface area contributed by atoms with E-state index in [1.165, 1.54) is 16.3 Å². The summed E-state index contributed by atoms with van der Waals surface area (Å²) in [6, 6.07) is 14.6. The van der Waals surface area contributed by atoms with E-state index < -0.39 is 0 Å². The van der Waals surface area contributed by atoms with E-state index in [2.05, 4.69) is 37.3 Å². The lowest BCUT2D eigenvalue weighted by molar-refractivity contribution is 1.26. The van der Waals surface area contributed by atoms with Crippen LogP contribution < -0.4 is 0 Å². The third-order valence-electron chi connectivity index (χ3n) is 2.41. The van der Waals surface area contributed by atoms with Gasteiger partial charge < -0.3 is 0 Å². The minimum Gasteiger partial charge on any atom is -0.198 e. The number of hydrogen-bond acceptors (Lipinski definition) is 1. The number of fused-ring (bicyclic) bond motifs is 1. The predicted molar refractivity (Wildman–Crippen MR) is 58.0 cm³/mol. The maximum Gasteiger partial charge on any atom is 0.0669 e. The van der Waals surface area contributed by atoms with Crippen molar-refractivity contribution in [2.45, 2.75) is 13.3 Å². The molecule has 0 saturated carbocycles. The molecule has 0 N–H and O–H groups in total. The van der Waals surface area contributed by atoms with Crippen LogP contribution >= 0.6 is 0 Å². The first-order valence-corrected chi connectivity index (χ1v) is 4.66. The average Bonchev–Trinajstić information content (AvgIpc) is 2.18. The molecule has 1 heteroatoms. The maximum absolute atomic E-state index is 8.63. The molecule has 0 atom stereocenters.